The van der Waals surface area contributed by atoms with Crippen LogP contribution in [0.1, 0.15) is 0 Å². The standard InChI is InChI=1S/C19H16F3N5/c20-19(21,22)11-27-10-9-14(23)17(27)12-5-7-13(8-6-12)24-18-25-15-3-1-2-4-16(15)26-18/h1-10H,11,23H2,(H2,24,25,26). The van der Waals surface area contributed by atoms with Gasteiger partial charge in [-0.05, 0) is 30.3 Å². The molecule has 0 aliphatic rings. The van der Waals surface area contributed by atoms with Crippen LogP contribution in [0.5, 0.6) is 0 Å². The lowest BCUT2D eigenvalue weighted by atomic mass is 10.1. The molecule has 0 saturated carbocycles. The number of nitrogens with zero attached hydrogens (tertiary/aromatic N) is 2. The maximum atomic E-state index is 12.8. The van der Waals surface area contributed by atoms with Crippen LogP contribution < -0.4 is 11.1 Å². The van der Waals surface area contributed by atoms with E-state index in [9.17, 15) is 13.2 Å². The molecule has 0 unspecified atom stereocenters. The second-order valence-electron chi connectivity index (χ2n) is 6.17. The lowest BCUT2D eigenvalue weighted by Gasteiger charge is -2.13. The van der Waals surface area contributed by atoms with Crippen LogP contribution in [0.2, 0.25) is 0 Å². The molecule has 0 spiro atoms. The number of aromatic amines is 1. The van der Waals surface area contributed by atoms with E-state index in [1.54, 1.807) is 24.3 Å². The first kappa shape index (κ1) is 17.0. The van der Waals surface area contributed by atoms with Crippen molar-refractivity contribution < 1.29 is 13.2 Å². The summed E-state index contributed by atoms with van der Waals surface area (Å²) in [7, 11) is 0. The van der Waals surface area contributed by atoms with Crippen LogP contribution in [-0.4, -0.2) is 20.7 Å². The molecule has 2 aromatic heterocycles. The lowest BCUT2D eigenvalue weighted by molar-refractivity contribution is -0.140. The Hall–Kier alpha value is -3.42. The predicted molar refractivity (Wildman–Crippen MR) is 99.7 cm³/mol. The van der Waals surface area contributed by atoms with Gasteiger partial charge in [-0.2, -0.15) is 13.2 Å². The van der Waals surface area contributed by atoms with Crippen molar-refractivity contribution in [1.29, 1.82) is 0 Å². The number of aromatic nitrogens is 3. The molecule has 4 N–H and O–H groups in total. The Labute approximate surface area is 152 Å². The second-order valence-corrected chi connectivity index (χ2v) is 6.17. The minimum absolute atomic E-state index is 0.303. The van der Waals surface area contributed by atoms with Gasteiger partial charge in [-0.25, -0.2) is 4.98 Å². The van der Waals surface area contributed by atoms with Crippen molar-refractivity contribution in [1.82, 2.24) is 14.5 Å². The Morgan fingerprint density at radius 1 is 1.04 bits per heavy atom. The van der Waals surface area contributed by atoms with Gasteiger partial charge in [0.1, 0.15) is 6.54 Å². The fraction of sp³-hybridized carbons (Fsp3) is 0.105. The first-order valence-electron chi connectivity index (χ1n) is 8.23. The maximum absolute atomic E-state index is 12.8. The highest BCUT2D eigenvalue weighted by Crippen LogP contribution is 2.31. The topological polar surface area (TPSA) is 71.7 Å². The highest BCUT2D eigenvalue weighted by Gasteiger charge is 2.29. The minimum atomic E-state index is -4.32. The Kier molecular flexibility index (Phi) is 4.02. The van der Waals surface area contributed by atoms with Gasteiger partial charge in [0.05, 0.1) is 22.4 Å². The Balaban J connectivity index is 1.58. The van der Waals surface area contributed by atoms with Crippen molar-refractivity contribution in [2.45, 2.75) is 12.7 Å². The fourth-order valence-corrected chi connectivity index (χ4v) is 3.01. The molecule has 138 valence electrons. The van der Waals surface area contributed by atoms with E-state index in [0.717, 1.165) is 21.3 Å². The normalized spacial score (nSPS) is 11.8. The molecule has 0 bridgehead atoms. The van der Waals surface area contributed by atoms with E-state index < -0.39 is 12.7 Å². The van der Waals surface area contributed by atoms with Gasteiger partial charge in [0.15, 0.2) is 0 Å². The number of nitrogen functional groups attached to an aromatic ring is 1. The summed E-state index contributed by atoms with van der Waals surface area (Å²) in [5.41, 5.74) is 9.65. The van der Waals surface area contributed by atoms with Gasteiger partial charge in [0, 0.05) is 17.4 Å². The highest BCUT2D eigenvalue weighted by molar-refractivity contribution is 5.79. The third-order valence-electron chi connectivity index (χ3n) is 4.15. The van der Waals surface area contributed by atoms with E-state index in [1.807, 2.05) is 24.3 Å². The minimum Gasteiger partial charge on any atom is -0.397 e. The van der Waals surface area contributed by atoms with Crippen LogP contribution in [0.25, 0.3) is 22.3 Å². The molecule has 0 atom stereocenters. The Bertz CT molecular complexity index is 1040. The molecular weight excluding hydrogens is 355 g/mol. The van der Waals surface area contributed by atoms with E-state index in [-0.39, 0.29) is 0 Å². The highest BCUT2D eigenvalue weighted by atomic mass is 19.4. The molecule has 0 fully saturated rings. The lowest BCUT2D eigenvalue weighted by Crippen LogP contribution is -2.17. The Morgan fingerprint density at radius 2 is 1.78 bits per heavy atom. The van der Waals surface area contributed by atoms with Crippen molar-refractivity contribution in [3.63, 3.8) is 0 Å². The fourth-order valence-electron chi connectivity index (χ4n) is 3.01. The van der Waals surface area contributed by atoms with Crippen LogP contribution in [0.4, 0.5) is 30.5 Å². The molecule has 5 nitrogen and oxygen atoms in total. The molecule has 27 heavy (non-hydrogen) atoms. The molecule has 0 amide bonds. The number of hydrogen-bond acceptors (Lipinski definition) is 3. The SMILES string of the molecule is Nc1ccn(CC(F)(F)F)c1-c1ccc(Nc2nc3ccccc3[nH]2)cc1. The number of imidazole rings is 1. The largest absolute Gasteiger partial charge is 0.406 e. The molecular formula is C19H16F3N5. The van der Waals surface area contributed by atoms with Crippen molar-refractivity contribution in [2.75, 3.05) is 11.1 Å². The molecule has 0 aliphatic carbocycles. The number of anilines is 3. The third kappa shape index (κ3) is 3.59. The number of hydrogen-bond donors (Lipinski definition) is 3. The van der Waals surface area contributed by atoms with Gasteiger partial charge in [0.2, 0.25) is 5.95 Å². The van der Waals surface area contributed by atoms with Crippen molar-refractivity contribution in [2.24, 2.45) is 0 Å². The zero-order valence-corrected chi connectivity index (χ0v) is 14.1. The predicted octanol–water partition coefficient (Wildman–Crippen LogP) is 4.92. The van der Waals surface area contributed by atoms with Gasteiger partial charge >= 0.3 is 6.18 Å². The molecule has 0 radical (unpaired) electrons. The molecule has 2 aromatic carbocycles. The van der Waals surface area contributed by atoms with Gasteiger partial charge in [-0.15, -0.1) is 0 Å². The van der Waals surface area contributed by atoms with Crippen LogP contribution >= 0.6 is 0 Å². The van der Waals surface area contributed by atoms with Crippen molar-refractivity contribution in [3.05, 3.63) is 60.8 Å². The van der Waals surface area contributed by atoms with Crippen LogP contribution in [0.3, 0.4) is 0 Å². The molecule has 0 aliphatic heterocycles. The summed E-state index contributed by atoms with van der Waals surface area (Å²) in [6.07, 6.45) is -2.97. The van der Waals surface area contributed by atoms with Crippen LogP contribution in [0, 0.1) is 0 Å². The summed E-state index contributed by atoms with van der Waals surface area (Å²) in [5, 5.41) is 3.15. The summed E-state index contributed by atoms with van der Waals surface area (Å²) in [6, 6.07) is 16.1. The van der Waals surface area contributed by atoms with Crippen molar-refractivity contribution >= 4 is 28.4 Å². The molecule has 4 aromatic rings. The molecule has 4 rings (SSSR count). The number of nitrogens with one attached hydrogen (secondary N) is 2. The smallest absolute Gasteiger partial charge is 0.397 e. The average Bonchev–Trinajstić information content (AvgIpc) is 3.17. The first-order valence-corrected chi connectivity index (χ1v) is 8.23. The van der Waals surface area contributed by atoms with Crippen LogP contribution in [0.15, 0.2) is 60.8 Å². The van der Waals surface area contributed by atoms with Gasteiger partial charge in [-0.3, -0.25) is 0 Å². The third-order valence-corrected chi connectivity index (χ3v) is 4.15. The number of para-hydroxylation sites is 2. The first-order chi connectivity index (χ1) is 12.9. The van der Waals surface area contributed by atoms with E-state index in [0.29, 0.717) is 22.9 Å². The van der Waals surface area contributed by atoms with E-state index >= 15 is 0 Å². The number of halogens is 3. The summed E-state index contributed by atoms with van der Waals surface area (Å²) in [4.78, 5) is 7.59. The quantitative estimate of drug-likeness (QED) is 0.477. The summed E-state index contributed by atoms with van der Waals surface area (Å²) in [6.45, 7) is -1.08. The van der Waals surface area contributed by atoms with E-state index in [2.05, 4.69) is 15.3 Å². The number of rotatable bonds is 4. The molecule has 2 heterocycles. The van der Waals surface area contributed by atoms with Crippen molar-refractivity contribution in [3.8, 4) is 11.3 Å². The number of alkyl halides is 3. The monoisotopic (exact) mass is 371 g/mol. The number of nitrogens with two attached hydrogens (primary N) is 1. The summed E-state index contributed by atoms with van der Waals surface area (Å²) >= 11 is 0. The zero-order chi connectivity index (χ0) is 19.0. The molecule has 8 heteroatoms. The summed E-state index contributed by atoms with van der Waals surface area (Å²) in [5.74, 6) is 0.587. The van der Waals surface area contributed by atoms with E-state index in [4.69, 9.17) is 5.73 Å². The second kappa shape index (κ2) is 6.39. The van der Waals surface area contributed by atoms with Crippen LogP contribution in [-0.2, 0) is 6.54 Å². The molecule has 0 saturated heterocycles. The Morgan fingerprint density at radius 3 is 2.48 bits per heavy atom. The average molecular weight is 371 g/mol. The summed E-state index contributed by atoms with van der Waals surface area (Å²) < 4.78 is 39.4. The maximum Gasteiger partial charge on any atom is 0.406 e. The zero-order valence-electron chi connectivity index (χ0n) is 14.1. The van der Waals surface area contributed by atoms with Gasteiger partial charge in [0.25, 0.3) is 0 Å². The number of benzene rings is 2. The number of H-pyrrole nitrogens is 1. The van der Waals surface area contributed by atoms with Gasteiger partial charge < -0.3 is 20.6 Å². The van der Waals surface area contributed by atoms with Gasteiger partial charge in [-0.1, -0.05) is 24.3 Å². The van der Waals surface area contributed by atoms with E-state index in [1.165, 1.54) is 12.3 Å². The number of fused-ring (bicyclic) bond motifs is 1.